The maximum absolute atomic E-state index is 14.3. The van der Waals surface area contributed by atoms with E-state index in [0.717, 1.165) is 44.0 Å². The molecule has 588 valence electrons. The van der Waals surface area contributed by atoms with Gasteiger partial charge in [-0.2, -0.15) is 15.3 Å². The van der Waals surface area contributed by atoms with Gasteiger partial charge in [0.05, 0.1) is 58.5 Å². The molecule has 0 spiro atoms. The number of methoxy groups -OCH3 is 1. The molecule has 0 saturated carbocycles. The molecule has 0 aliphatic carbocycles. The Morgan fingerprint density at radius 3 is 1.10 bits per heavy atom. The summed E-state index contributed by atoms with van der Waals surface area (Å²) < 4.78 is 16.3. The highest BCUT2D eigenvalue weighted by molar-refractivity contribution is 6.04. The van der Waals surface area contributed by atoms with Gasteiger partial charge in [-0.1, -0.05) is 109 Å². The van der Waals surface area contributed by atoms with Crippen molar-refractivity contribution in [3.8, 4) is 56.5 Å². The lowest BCUT2D eigenvalue weighted by atomic mass is 9.98. The van der Waals surface area contributed by atoms with E-state index in [0.29, 0.717) is 112 Å². The number of hydrogen-bond donors (Lipinski definition) is 3. The summed E-state index contributed by atoms with van der Waals surface area (Å²) >= 11 is 0. The molecular formula is C92H77N19O8. The van der Waals surface area contributed by atoms with Gasteiger partial charge in [-0.3, -0.25) is 52.2 Å². The van der Waals surface area contributed by atoms with Crippen molar-refractivity contribution >= 4 is 67.0 Å². The van der Waals surface area contributed by atoms with E-state index in [1.807, 2.05) is 198 Å². The molecule has 18 aromatic rings. The fourth-order valence-corrected chi connectivity index (χ4v) is 15.2. The summed E-state index contributed by atoms with van der Waals surface area (Å²) in [6.07, 6.45) is 18.7. The van der Waals surface area contributed by atoms with Crippen molar-refractivity contribution < 1.29 is 19.1 Å². The molecule has 27 nitrogen and oxygen atoms in total. The Balaban J connectivity index is 0.000000133. The number of amides is 3. The smallest absolute Gasteiger partial charge is 0.316 e. The van der Waals surface area contributed by atoms with Crippen LogP contribution in [-0.2, 0) is 7.05 Å². The van der Waals surface area contributed by atoms with Crippen LogP contribution in [0.25, 0.3) is 99.7 Å². The number of carbonyl (C=O) groups is 3. The summed E-state index contributed by atoms with van der Waals surface area (Å²) in [5, 5.41) is 26.3. The van der Waals surface area contributed by atoms with Crippen molar-refractivity contribution in [2.75, 3.05) is 7.11 Å². The lowest BCUT2D eigenvalue weighted by molar-refractivity contribution is 0.0931. The van der Waals surface area contributed by atoms with Gasteiger partial charge >= 0.3 is 6.01 Å². The van der Waals surface area contributed by atoms with Crippen LogP contribution in [0.3, 0.4) is 0 Å². The Kier molecular flexibility index (Phi) is 21.1. The summed E-state index contributed by atoms with van der Waals surface area (Å²) in [5.41, 5.74) is 13.1. The summed E-state index contributed by atoms with van der Waals surface area (Å²) in [6.45, 7) is 12.9. The molecule has 0 fully saturated rings. The third-order valence-corrected chi connectivity index (χ3v) is 20.7. The molecule has 27 heteroatoms. The van der Waals surface area contributed by atoms with Crippen LogP contribution >= 0.6 is 0 Å². The molecule has 12 heterocycles. The van der Waals surface area contributed by atoms with Crippen molar-refractivity contribution in [1.82, 2.24) is 93.0 Å². The molecular weight excluding hydrogens is 1500 g/mol. The summed E-state index contributed by atoms with van der Waals surface area (Å²) in [4.78, 5) is 121. The number of nitrogens with zero attached hydrogens (tertiary/aromatic N) is 16. The number of nitrogens with one attached hydrogen (secondary N) is 3. The number of benzene rings is 6. The second-order valence-electron chi connectivity index (χ2n) is 28.7. The first kappa shape index (κ1) is 77.2. The van der Waals surface area contributed by atoms with Gasteiger partial charge in [0, 0.05) is 127 Å². The molecule has 12 aromatic heterocycles. The van der Waals surface area contributed by atoms with Crippen LogP contribution in [-0.4, -0.2) is 102 Å². The van der Waals surface area contributed by atoms with Crippen molar-refractivity contribution in [2.45, 2.75) is 66.6 Å². The monoisotopic (exact) mass is 1580 g/mol. The molecule has 3 atom stereocenters. The second kappa shape index (κ2) is 32.6. The molecule has 18 rings (SSSR count). The molecule has 119 heavy (non-hydrogen) atoms. The Hall–Kier alpha value is -15.8. The summed E-state index contributed by atoms with van der Waals surface area (Å²) in [5.74, 6) is -0.958. The zero-order valence-electron chi connectivity index (χ0n) is 66.1. The minimum Gasteiger partial charge on any atom is -0.467 e. The molecule has 3 amide bonds. The lowest BCUT2D eigenvalue weighted by Crippen LogP contribution is -2.32. The van der Waals surface area contributed by atoms with Crippen molar-refractivity contribution in [3.63, 3.8) is 0 Å². The molecule has 6 aromatic carbocycles. The predicted octanol–water partition coefficient (Wildman–Crippen LogP) is 13.7. The normalized spacial score (nSPS) is 12.0. The lowest BCUT2D eigenvalue weighted by Gasteiger charge is -2.22. The predicted molar refractivity (Wildman–Crippen MR) is 456 cm³/mol. The number of fused-ring (bicyclic) bond motifs is 6. The number of ether oxygens (including phenoxy) is 1. The van der Waals surface area contributed by atoms with E-state index < -0.39 is 18.1 Å². The van der Waals surface area contributed by atoms with Gasteiger partial charge in [-0.25, -0.2) is 38.5 Å². The van der Waals surface area contributed by atoms with Gasteiger partial charge in [0.2, 0.25) is 5.56 Å². The number of pyridine rings is 5. The number of aryl methyl sites for hydroxylation is 5. The molecule has 0 bridgehead atoms. The number of hydrogen-bond acceptors (Lipinski definition) is 17. The van der Waals surface area contributed by atoms with Gasteiger partial charge < -0.3 is 25.3 Å². The number of carbonyl (C=O) groups excluding carboxylic acids is 3. The first-order valence-electron chi connectivity index (χ1n) is 38.2. The minimum atomic E-state index is -0.538. The van der Waals surface area contributed by atoms with Gasteiger partial charge in [0.1, 0.15) is 16.7 Å². The third kappa shape index (κ3) is 14.9. The Labute approximate surface area is 678 Å². The Morgan fingerprint density at radius 1 is 0.387 bits per heavy atom. The average Bonchev–Trinajstić information content (AvgIpc) is 1.53. The van der Waals surface area contributed by atoms with E-state index in [2.05, 4.69) is 61.2 Å². The first-order valence-corrected chi connectivity index (χ1v) is 38.2. The van der Waals surface area contributed by atoms with Crippen LogP contribution in [0.1, 0.15) is 110 Å². The van der Waals surface area contributed by atoms with Crippen molar-refractivity contribution in [1.29, 1.82) is 0 Å². The summed E-state index contributed by atoms with van der Waals surface area (Å²) in [6, 6.07) is 60.3. The first-order chi connectivity index (χ1) is 57.7. The number of rotatable bonds is 16. The molecule has 0 unspecified atom stereocenters. The summed E-state index contributed by atoms with van der Waals surface area (Å²) in [7, 11) is 3.18. The van der Waals surface area contributed by atoms with E-state index in [-0.39, 0.29) is 46.0 Å². The molecule has 0 radical (unpaired) electrons. The van der Waals surface area contributed by atoms with E-state index in [1.165, 1.54) is 17.7 Å². The van der Waals surface area contributed by atoms with Crippen LogP contribution in [0.5, 0.6) is 6.01 Å². The van der Waals surface area contributed by atoms with E-state index >= 15 is 0 Å². The standard InChI is InChI=1S/C31H26N6O3.C31H26N6O2.C30H25N7O3/c1-19(33-30(39)27-20(2)34-36-16-8-15-32-29(27)36)25-17-21-9-7-12-24(22-13-14-26(38)35(3)18-22)28(21)31(40)37(25)23-10-5-4-6-11-23;1-19-15-23(18-32-17-19)25-12-7-9-22-16-26(37(31(39)28(22)25)24-10-5-4-6-11-24)20(2)34-30(38)27-21(3)35-36-14-8-13-33-29(27)36;1-18(34-28(38)25-19(2)35-36-14-8-13-31-27(25)36)24-15-20-9-7-12-23(21-16-32-30(40-3)33-17-21)26(20)29(39)37(24)22-10-5-4-6-11-22/h4-19H,1-3H3,(H,33,39);4-18,20H,1-3H3,(H,34,38);4-18H,1-3H3,(H,34,38)/t19-;20-;18-/m000/s1. The van der Waals surface area contributed by atoms with Gasteiger partial charge in [0.25, 0.3) is 34.4 Å². The highest BCUT2D eigenvalue weighted by Crippen LogP contribution is 2.34. The maximum atomic E-state index is 14.3. The van der Waals surface area contributed by atoms with E-state index in [1.54, 1.807) is 147 Å². The zero-order valence-corrected chi connectivity index (χ0v) is 66.1. The Morgan fingerprint density at radius 2 is 0.748 bits per heavy atom. The fourth-order valence-electron chi connectivity index (χ4n) is 15.2. The zero-order chi connectivity index (χ0) is 82.9. The average molecular weight is 1580 g/mol. The van der Waals surface area contributed by atoms with E-state index in [9.17, 15) is 33.6 Å². The maximum Gasteiger partial charge on any atom is 0.316 e. The van der Waals surface area contributed by atoms with Gasteiger partial charge in [-0.15, -0.1) is 0 Å². The van der Waals surface area contributed by atoms with Crippen LogP contribution in [0, 0.1) is 27.7 Å². The SMILES string of the molecule is COc1ncc(-c2cccc3cc([C@H](C)NC(=O)c4c(C)nn5cccnc45)n(-c4ccccc4)c(=O)c23)cn1.Cc1cncc(-c2cccc3cc([C@H](C)NC(=O)c4c(C)nn5cccnc45)n(-c4ccccc4)c(=O)c23)c1.Cc1nn2cccnc2c1C(=O)N[C@@H](C)c1cc2cccc(-c3ccc(=O)n(C)c3)c2c(=O)n1-c1ccccc1. The van der Waals surface area contributed by atoms with Gasteiger partial charge in [0.15, 0.2) is 16.9 Å². The van der Waals surface area contributed by atoms with Crippen LogP contribution < -0.4 is 42.9 Å². The van der Waals surface area contributed by atoms with Crippen LogP contribution in [0.2, 0.25) is 0 Å². The van der Waals surface area contributed by atoms with Crippen LogP contribution in [0.15, 0.2) is 288 Å². The molecule has 0 aliphatic heterocycles. The second-order valence-corrected chi connectivity index (χ2v) is 28.7. The highest BCUT2D eigenvalue weighted by atomic mass is 16.5. The Bertz CT molecular complexity index is 7260. The molecule has 0 aliphatic rings. The van der Waals surface area contributed by atoms with Gasteiger partial charge in [-0.05, 0) is 177 Å². The third-order valence-electron chi connectivity index (χ3n) is 20.7. The highest BCUT2D eigenvalue weighted by Gasteiger charge is 2.29. The number of aromatic nitrogens is 16. The largest absolute Gasteiger partial charge is 0.467 e. The number of para-hydroxylation sites is 3. The molecule has 3 N–H and O–H groups in total. The topological polar surface area (TPSA) is 314 Å². The van der Waals surface area contributed by atoms with Crippen LogP contribution in [0.4, 0.5) is 0 Å². The van der Waals surface area contributed by atoms with Crippen molar-refractivity contribution in [3.05, 3.63) is 366 Å². The quantitative estimate of drug-likeness (QED) is 0.0809. The van der Waals surface area contributed by atoms with Crippen molar-refractivity contribution in [2.24, 2.45) is 7.05 Å². The molecule has 0 saturated heterocycles. The van der Waals surface area contributed by atoms with E-state index in [4.69, 9.17) is 4.74 Å². The minimum absolute atomic E-state index is 0.130. The fraction of sp³-hybridized carbons (Fsp3) is 0.130.